The third kappa shape index (κ3) is 3.05. The summed E-state index contributed by atoms with van der Waals surface area (Å²) < 4.78 is 1.85. The molecule has 5 nitrogen and oxygen atoms in total. The van der Waals surface area contributed by atoms with Gasteiger partial charge in [0.15, 0.2) is 0 Å². The quantitative estimate of drug-likeness (QED) is 0.876. The Labute approximate surface area is 118 Å². The van der Waals surface area contributed by atoms with Crippen LogP contribution in [0.1, 0.15) is 20.3 Å². The topological polar surface area (TPSA) is 72.9 Å². The number of rotatable bonds is 5. The van der Waals surface area contributed by atoms with E-state index in [0.29, 0.717) is 0 Å². The molecule has 1 heterocycles. The Hall–Kier alpha value is -2.14. The standard InChI is InChI=1S/C15H20N4O/c1-3-11(2)14(16)15(20)18-12-6-4-5-7-13(12)19-9-8-17-10-19/h4-11,14H,3,16H2,1-2H3,(H,18,20)/t11-,14-/m0/s1. The number of anilines is 1. The fourth-order valence-electron chi connectivity index (χ4n) is 1.93. The lowest BCUT2D eigenvalue weighted by Crippen LogP contribution is -2.40. The van der Waals surface area contributed by atoms with Crippen molar-refractivity contribution in [3.05, 3.63) is 43.0 Å². The monoisotopic (exact) mass is 272 g/mol. The van der Waals surface area contributed by atoms with Crippen molar-refractivity contribution in [1.29, 1.82) is 0 Å². The second-order valence-electron chi connectivity index (χ2n) is 4.89. The van der Waals surface area contributed by atoms with Crippen LogP contribution in [0.25, 0.3) is 5.69 Å². The first kappa shape index (κ1) is 14.3. The van der Waals surface area contributed by atoms with E-state index < -0.39 is 6.04 Å². The van der Waals surface area contributed by atoms with Gasteiger partial charge in [0.1, 0.15) is 0 Å². The summed E-state index contributed by atoms with van der Waals surface area (Å²) in [4.78, 5) is 16.2. The molecule has 0 spiro atoms. The average molecular weight is 272 g/mol. The van der Waals surface area contributed by atoms with Crippen molar-refractivity contribution in [1.82, 2.24) is 9.55 Å². The van der Waals surface area contributed by atoms with E-state index in [2.05, 4.69) is 10.3 Å². The molecular weight excluding hydrogens is 252 g/mol. The molecule has 0 radical (unpaired) electrons. The molecule has 0 aliphatic heterocycles. The third-order valence-electron chi connectivity index (χ3n) is 3.50. The Balaban J connectivity index is 2.20. The largest absolute Gasteiger partial charge is 0.323 e. The predicted octanol–water partition coefficient (Wildman–Crippen LogP) is 2.18. The Morgan fingerprint density at radius 3 is 2.85 bits per heavy atom. The SMILES string of the molecule is CC[C@H](C)[C@H](N)C(=O)Nc1ccccc1-n1ccnc1. The highest BCUT2D eigenvalue weighted by molar-refractivity contribution is 5.96. The fraction of sp³-hybridized carbons (Fsp3) is 0.333. The summed E-state index contributed by atoms with van der Waals surface area (Å²) in [5.41, 5.74) is 7.56. The van der Waals surface area contributed by atoms with Crippen LogP contribution in [-0.2, 0) is 4.79 Å². The van der Waals surface area contributed by atoms with Crippen molar-refractivity contribution in [3.63, 3.8) is 0 Å². The Morgan fingerprint density at radius 1 is 1.45 bits per heavy atom. The number of nitrogens with two attached hydrogens (primary N) is 1. The number of hydrogen-bond acceptors (Lipinski definition) is 3. The van der Waals surface area contributed by atoms with Gasteiger partial charge in [-0.1, -0.05) is 32.4 Å². The van der Waals surface area contributed by atoms with Crippen molar-refractivity contribution < 1.29 is 4.79 Å². The van der Waals surface area contributed by atoms with Gasteiger partial charge < -0.3 is 15.6 Å². The number of carbonyl (C=O) groups excluding carboxylic acids is 1. The molecule has 0 unspecified atom stereocenters. The lowest BCUT2D eigenvalue weighted by Gasteiger charge is -2.19. The molecular formula is C15H20N4O. The fourth-order valence-corrected chi connectivity index (χ4v) is 1.93. The van der Waals surface area contributed by atoms with Crippen molar-refractivity contribution in [2.45, 2.75) is 26.3 Å². The zero-order valence-electron chi connectivity index (χ0n) is 11.8. The van der Waals surface area contributed by atoms with E-state index in [0.717, 1.165) is 17.8 Å². The molecule has 1 amide bonds. The van der Waals surface area contributed by atoms with Gasteiger partial charge >= 0.3 is 0 Å². The molecule has 1 aromatic heterocycles. The number of carbonyl (C=O) groups is 1. The molecule has 0 fully saturated rings. The maximum Gasteiger partial charge on any atom is 0.241 e. The summed E-state index contributed by atoms with van der Waals surface area (Å²) >= 11 is 0. The van der Waals surface area contributed by atoms with Gasteiger partial charge in [-0.3, -0.25) is 4.79 Å². The molecule has 0 aliphatic carbocycles. The van der Waals surface area contributed by atoms with Crippen molar-refractivity contribution in [2.24, 2.45) is 11.7 Å². The zero-order chi connectivity index (χ0) is 14.5. The molecule has 0 aliphatic rings. The molecule has 0 saturated carbocycles. The minimum Gasteiger partial charge on any atom is -0.323 e. The van der Waals surface area contributed by atoms with Crippen molar-refractivity contribution in [3.8, 4) is 5.69 Å². The average Bonchev–Trinajstić information content (AvgIpc) is 3.00. The first-order chi connectivity index (χ1) is 9.63. The molecule has 106 valence electrons. The molecule has 0 bridgehead atoms. The minimum atomic E-state index is -0.504. The number of para-hydroxylation sites is 2. The van der Waals surface area contributed by atoms with Gasteiger partial charge in [-0.05, 0) is 18.1 Å². The Kier molecular flexibility index (Phi) is 4.53. The molecule has 5 heteroatoms. The van der Waals surface area contributed by atoms with Crippen molar-refractivity contribution >= 4 is 11.6 Å². The maximum absolute atomic E-state index is 12.2. The van der Waals surface area contributed by atoms with Crippen LogP contribution in [0, 0.1) is 5.92 Å². The molecule has 0 saturated heterocycles. The normalized spacial score (nSPS) is 13.8. The van der Waals surface area contributed by atoms with Crippen LogP contribution in [0.5, 0.6) is 0 Å². The van der Waals surface area contributed by atoms with E-state index in [1.165, 1.54) is 0 Å². The van der Waals surface area contributed by atoms with E-state index in [-0.39, 0.29) is 11.8 Å². The number of benzene rings is 1. The molecule has 3 N–H and O–H groups in total. The van der Waals surface area contributed by atoms with Crippen LogP contribution >= 0.6 is 0 Å². The van der Waals surface area contributed by atoms with Gasteiger partial charge in [0.05, 0.1) is 23.7 Å². The summed E-state index contributed by atoms with van der Waals surface area (Å²) in [7, 11) is 0. The predicted molar refractivity (Wildman–Crippen MR) is 79.6 cm³/mol. The number of nitrogens with zero attached hydrogens (tertiary/aromatic N) is 2. The molecule has 20 heavy (non-hydrogen) atoms. The van der Waals surface area contributed by atoms with Crippen LogP contribution < -0.4 is 11.1 Å². The van der Waals surface area contributed by atoms with Crippen molar-refractivity contribution in [2.75, 3.05) is 5.32 Å². The second kappa shape index (κ2) is 6.34. The molecule has 1 aromatic carbocycles. The highest BCUT2D eigenvalue weighted by Gasteiger charge is 2.20. The highest BCUT2D eigenvalue weighted by Crippen LogP contribution is 2.20. The summed E-state index contributed by atoms with van der Waals surface area (Å²) in [5.74, 6) is -0.0117. The maximum atomic E-state index is 12.2. The number of imidazole rings is 1. The van der Waals surface area contributed by atoms with Gasteiger partial charge in [0.2, 0.25) is 5.91 Å². The highest BCUT2D eigenvalue weighted by atomic mass is 16.2. The van der Waals surface area contributed by atoms with Gasteiger partial charge in [0.25, 0.3) is 0 Å². The van der Waals surface area contributed by atoms with Gasteiger partial charge in [0, 0.05) is 12.4 Å². The summed E-state index contributed by atoms with van der Waals surface area (Å²) in [6, 6.07) is 7.07. The minimum absolute atomic E-state index is 0.149. The van der Waals surface area contributed by atoms with E-state index in [1.807, 2.05) is 48.9 Å². The number of nitrogens with one attached hydrogen (secondary N) is 1. The molecule has 2 rings (SSSR count). The van der Waals surface area contributed by atoms with Gasteiger partial charge in [-0.25, -0.2) is 4.98 Å². The first-order valence-electron chi connectivity index (χ1n) is 6.77. The van der Waals surface area contributed by atoms with Crippen LogP contribution in [0.3, 0.4) is 0 Å². The van der Waals surface area contributed by atoms with Crippen LogP contribution in [0.4, 0.5) is 5.69 Å². The summed E-state index contributed by atoms with van der Waals surface area (Å²) in [5, 5.41) is 2.90. The van der Waals surface area contributed by atoms with E-state index in [4.69, 9.17) is 5.73 Å². The van der Waals surface area contributed by atoms with Gasteiger partial charge in [-0.15, -0.1) is 0 Å². The smallest absolute Gasteiger partial charge is 0.241 e. The van der Waals surface area contributed by atoms with E-state index >= 15 is 0 Å². The second-order valence-corrected chi connectivity index (χ2v) is 4.89. The lowest BCUT2D eigenvalue weighted by atomic mass is 9.99. The molecule has 2 atom stereocenters. The number of aromatic nitrogens is 2. The summed E-state index contributed by atoms with van der Waals surface area (Å²) in [6.45, 7) is 4.00. The zero-order valence-corrected chi connectivity index (χ0v) is 11.8. The van der Waals surface area contributed by atoms with E-state index in [1.54, 1.807) is 12.5 Å². The third-order valence-corrected chi connectivity index (χ3v) is 3.50. The van der Waals surface area contributed by atoms with Crippen LogP contribution in [0.15, 0.2) is 43.0 Å². The Morgan fingerprint density at radius 2 is 2.20 bits per heavy atom. The lowest BCUT2D eigenvalue weighted by molar-refractivity contribution is -0.118. The number of hydrogen-bond donors (Lipinski definition) is 2. The number of amides is 1. The van der Waals surface area contributed by atoms with Crippen LogP contribution in [-0.4, -0.2) is 21.5 Å². The van der Waals surface area contributed by atoms with E-state index in [9.17, 15) is 4.79 Å². The summed E-state index contributed by atoms with van der Waals surface area (Å²) in [6.07, 6.45) is 6.10. The Bertz CT molecular complexity index is 565. The molecule has 2 aromatic rings. The first-order valence-corrected chi connectivity index (χ1v) is 6.77. The van der Waals surface area contributed by atoms with Crippen LogP contribution in [0.2, 0.25) is 0 Å². The van der Waals surface area contributed by atoms with Gasteiger partial charge in [-0.2, -0.15) is 0 Å².